The van der Waals surface area contributed by atoms with Gasteiger partial charge in [0.05, 0.1) is 10.8 Å². The lowest BCUT2D eigenvalue weighted by molar-refractivity contribution is -0.120. The van der Waals surface area contributed by atoms with Crippen molar-refractivity contribution in [3.63, 3.8) is 0 Å². The summed E-state index contributed by atoms with van der Waals surface area (Å²) in [7, 11) is 0. The van der Waals surface area contributed by atoms with E-state index in [1.54, 1.807) is 25.1 Å². The van der Waals surface area contributed by atoms with Gasteiger partial charge in [-0.2, -0.15) is 0 Å². The lowest BCUT2D eigenvalue weighted by Crippen LogP contribution is -2.34. The van der Waals surface area contributed by atoms with Crippen LogP contribution in [0.25, 0.3) is 11.4 Å². The van der Waals surface area contributed by atoms with Gasteiger partial charge in [-0.1, -0.05) is 61.2 Å². The zero-order valence-electron chi connectivity index (χ0n) is 16.4. The van der Waals surface area contributed by atoms with E-state index in [9.17, 15) is 9.18 Å². The van der Waals surface area contributed by atoms with Gasteiger partial charge in [-0.3, -0.25) is 4.79 Å². The summed E-state index contributed by atoms with van der Waals surface area (Å²) in [6, 6.07) is 16.3. The highest BCUT2D eigenvalue weighted by molar-refractivity contribution is 8.00. The van der Waals surface area contributed by atoms with Gasteiger partial charge in [-0.05, 0) is 31.0 Å². The van der Waals surface area contributed by atoms with Crippen molar-refractivity contribution in [2.45, 2.75) is 36.6 Å². The molecule has 6 nitrogen and oxygen atoms in total. The van der Waals surface area contributed by atoms with Crippen molar-refractivity contribution < 1.29 is 9.18 Å². The maximum Gasteiger partial charge on any atom is 0.233 e. The van der Waals surface area contributed by atoms with Gasteiger partial charge in [0.25, 0.3) is 0 Å². The van der Waals surface area contributed by atoms with Crippen LogP contribution in [0.2, 0.25) is 0 Å². The molecule has 0 unspecified atom stereocenters. The van der Waals surface area contributed by atoms with Crippen LogP contribution in [-0.4, -0.2) is 32.6 Å². The molecule has 0 saturated heterocycles. The maximum absolute atomic E-state index is 14.0. The topological polar surface area (TPSA) is 85.8 Å². The largest absolute Gasteiger partial charge is 0.355 e. The van der Waals surface area contributed by atoms with E-state index in [2.05, 4.69) is 34.6 Å². The zero-order valence-corrected chi connectivity index (χ0v) is 17.2. The Balaban J connectivity index is 1.62. The third-order valence-corrected chi connectivity index (χ3v) is 5.77. The first-order valence-corrected chi connectivity index (χ1v) is 10.3. The molecule has 0 spiro atoms. The second kappa shape index (κ2) is 9.56. The van der Waals surface area contributed by atoms with Gasteiger partial charge < -0.3 is 11.2 Å². The van der Waals surface area contributed by atoms with Crippen molar-refractivity contribution in [1.29, 1.82) is 0 Å². The molecule has 2 atom stereocenters. The summed E-state index contributed by atoms with van der Waals surface area (Å²) < 4.78 is 15.2. The Bertz CT molecular complexity index is 963. The summed E-state index contributed by atoms with van der Waals surface area (Å²) in [5.41, 5.74) is 1.46. The molecule has 0 saturated carbocycles. The molecular weight excluding hydrogens is 389 g/mol. The number of halogens is 1. The van der Waals surface area contributed by atoms with Crippen molar-refractivity contribution in [3.8, 4) is 11.4 Å². The monoisotopic (exact) mass is 413 g/mol. The zero-order chi connectivity index (χ0) is 20.8. The van der Waals surface area contributed by atoms with Crippen LogP contribution in [0.3, 0.4) is 0 Å². The smallest absolute Gasteiger partial charge is 0.233 e. The lowest BCUT2D eigenvalue weighted by atomic mass is 9.96. The Morgan fingerprint density at radius 3 is 2.55 bits per heavy atom. The van der Waals surface area contributed by atoms with E-state index in [-0.39, 0.29) is 23.2 Å². The number of carbonyl (C=O) groups is 1. The molecule has 1 heterocycles. The van der Waals surface area contributed by atoms with Crippen molar-refractivity contribution >= 4 is 17.7 Å². The Morgan fingerprint density at radius 1 is 1.17 bits per heavy atom. The number of amides is 1. The van der Waals surface area contributed by atoms with Crippen LogP contribution < -0.4 is 11.2 Å². The highest BCUT2D eigenvalue weighted by Crippen LogP contribution is 2.26. The SMILES string of the molecule is CC[C@H](CNC(=O)[C@H](C)Sc1nnc(-c2ccccc2F)n1N)c1ccccc1. The number of aromatic nitrogens is 3. The first-order chi connectivity index (χ1) is 14.0. The molecule has 3 N–H and O–H groups in total. The number of nitrogens with two attached hydrogens (primary N) is 1. The van der Waals surface area contributed by atoms with Gasteiger partial charge in [-0.15, -0.1) is 10.2 Å². The lowest BCUT2D eigenvalue weighted by Gasteiger charge is -2.18. The molecule has 3 rings (SSSR count). The normalized spacial score (nSPS) is 13.1. The van der Waals surface area contributed by atoms with E-state index >= 15 is 0 Å². The minimum absolute atomic E-state index is 0.111. The number of nitrogens with zero attached hydrogens (tertiary/aromatic N) is 3. The highest BCUT2D eigenvalue weighted by atomic mass is 32.2. The fourth-order valence-electron chi connectivity index (χ4n) is 2.99. The van der Waals surface area contributed by atoms with E-state index in [0.717, 1.165) is 6.42 Å². The molecule has 0 aliphatic heterocycles. The van der Waals surface area contributed by atoms with Crippen LogP contribution >= 0.6 is 11.8 Å². The number of rotatable bonds is 8. The summed E-state index contributed by atoms with van der Waals surface area (Å²) >= 11 is 1.18. The second-order valence-corrected chi connectivity index (χ2v) is 7.99. The number of benzene rings is 2. The third-order valence-electron chi connectivity index (χ3n) is 4.72. The first-order valence-electron chi connectivity index (χ1n) is 9.46. The van der Waals surface area contributed by atoms with E-state index in [1.165, 1.54) is 28.1 Å². The Morgan fingerprint density at radius 2 is 1.86 bits per heavy atom. The van der Waals surface area contributed by atoms with Crippen LogP contribution in [0.4, 0.5) is 4.39 Å². The van der Waals surface area contributed by atoms with Crippen molar-refractivity contribution in [2.75, 3.05) is 12.4 Å². The average Bonchev–Trinajstić information content (AvgIpc) is 3.09. The van der Waals surface area contributed by atoms with Crippen LogP contribution in [0.5, 0.6) is 0 Å². The van der Waals surface area contributed by atoms with Gasteiger partial charge in [0.1, 0.15) is 5.82 Å². The van der Waals surface area contributed by atoms with Gasteiger partial charge in [0.2, 0.25) is 11.1 Å². The predicted octanol–water partition coefficient (Wildman–Crippen LogP) is 3.59. The standard InChI is InChI=1S/C21H24FN5OS/c1-3-15(16-9-5-4-6-10-16)13-24-20(28)14(2)29-21-26-25-19(27(21)23)17-11-7-8-12-18(17)22/h4-12,14-15H,3,13,23H2,1-2H3,(H,24,28)/t14-,15+/m0/s1. The summed E-state index contributed by atoms with van der Waals surface area (Å²) in [6.07, 6.45) is 0.926. The number of hydrogen-bond donors (Lipinski definition) is 2. The van der Waals surface area contributed by atoms with Crippen LogP contribution in [0, 0.1) is 5.82 Å². The first kappa shape index (κ1) is 20.9. The molecule has 152 valence electrons. The number of thioether (sulfide) groups is 1. The summed E-state index contributed by atoms with van der Waals surface area (Å²) in [4.78, 5) is 12.6. The quantitative estimate of drug-likeness (QED) is 0.435. The molecule has 29 heavy (non-hydrogen) atoms. The van der Waals surface area contributed by atoms with Gasteiger partial charge >= 0.3 is 0 Å². The molecule has 3 aromatic rings. The molecule has 0 fully saturated rings. The molecule has 1 aromatic heterocycles. The molecule has 0 aliphatic carbocycles. The minimum atomic E-state index is -0.430. The maximum atomic E-state index is 14.0. The predicted molar refractivity (Wildman–Crippen MR) is 113 cm³/mol. The van der Waals surface area contributed by atoms with Gasteiger partial charge in [-0.25, -0.2) is 9.07 Å². The highest BCUT2D eigenvalue weighted by Gasteiger charge is 2.21. The minimum Gasteiger partial charge on any atom is -0.355 e. The molecule has 0 bridgehead atoms. The van der Waals surface area contributed by atoms with Crippen molar-refractivity contribution in [2.24, 2.45) is 0 Å². The summed E-state index contributed by atoms with van der Waals surface area (Å²) in [5.74, 6) is 5.97. The number of nitrogen functional groups attached to an aromatic ring is 1. The van der Waals surface area contributed by atoms with Gasteiger partial charge in [0.15, 0.2) is 5.82 Å². The van der Waals surface area contributed by atoms with E-state index < -0.39 is 11.1 Å². The van der Waals surface area contributed by atoms with E-state index in [1.807, 2.05) is 18.2 Å². The van der Waals surface area contributed by atoms with Crippen LogP contribution in [0.1, 0.15) is 31.7 Å². The fourth-order valence-corrected chi connectivity index (χ4v) is 3.78. The average molecular weight is 414 g/mol. The van der Waals surface area contributed by atoms with Crippen LogP contribution in [0.15, 0.2) is 59.8 Å². The van der Waals surface area contributed by atoms with Crippen molar-refractivity contribution in [1.82, 2.24) is 20.2 Å². The Labute approximate surface area is 173 Å². The molecule has 0 radical (unpaired) electrons. The van der Waals surface area contributed by atoms with E-state index in [4.69, 9.17) is 5.84 Å². The van der Waals surface area contributed by atoms with Crippen molar-refractivity contribution in [3.05, 3.63) is 66.0 Å². The second-order valence-electron chi connectivity index (χ2n) is 6.68. The number of hydrogen-bond acceptors (Lipinski definition) is 5. The fraction of sp³-hybridized carbons (Fsp3) is 0.286. The molecule has 0 aliphatic rings. The molecule has 2 aromatic carbocycles. The van der Waals surface area contributed by atoms with E-state index in [0.29, 0.717) is 11.7 Å². The Hall–Kier alpha value is -2.87. The summed E-state index contributed by atoms with van der Waals surface area (Å²) in [6.45, 7) is 4.43. The Kier molecular flexibility index (Phi) is 6.87. The molecule has 8 heteroatoms. The molecular formula is C21H24FN5OS. The summed E-state index contributed by atoms with van der Waals surface area (Å²) in [5, 5.41) is 10.9. The number of nitrogens with one attached hydrogen (secondary N) is 1. The molecule has 1 amide bonds. The third kappa shape index (κ3) is 4.95. The van der Waals surface area contributed by atoms with Gasteiger partial charge in [0, 0.05) is 12.5 Å². The van der Waals surface area contributed by atoms with Crippen LogP contribution in [-0.2, 0) is 4.79 Å². The number of carbonyl (C=O) groups excluding carboxylic acids is 1.